The Morgan fingerprint density at radius 2 is 2.03 bits per heavy atom. The van der Waals surface area contributed by atoms with Gasteiger partial charge in [0.25, 0.3) is 5.91 Å². The third-order valence-corrected chi connectivity index (χ3v) is 6.70. The van der Waals surface area contributed by atoms with Crippen LogP contribution in [0.2, 0.25) is 0 Å². The standard InChI is InChI=1S/C24H28FN7O2/c1-24(2)8-5-15(6-9-24)28-23-29-22(34-4)20-19(17(25)13-32(20)30-23)14-7-10-31-18(11-14)16(12-27-31)21(33)26-3/h7,10-13,15H,5-6,8-9H2,1-4H3,(H,26,33)(H,28,30). The van der Waals surface area contributed by atoms with Crippen molar-refractivity contribution in [3.8, 4) is 17.0 Å². The Bertz CT molecular complexity index is 1380. The predicted molar refractivity (Wildman–Crippen MR) is 127 cm³/mol. The van der Waals surface area contributed by atoms with Gasteiger partial charge in [0.05, 0.1) is 36.1 Å². The fourth-order valence-corrected chi connectivity index (χ4v) is 4.67. The number of amides is 1. The zero-order chi connectivity index (χ0) is 24.0. The molecule has 0 radical (unpaired) electrons. The summed E-state index contributed by atoms with van der Waals surface area (Å²) in [5.41, 5.74) is 2.60. The van der Waals surface area contributed by atoms with Crippen LogP contribution in [-0.2, 0) is 0 Å². The van der Waals surface area contributed by atoms with Crippen LogP contribution in [0.4, 0.5) is 10.3 Å². The van der Waals surface area contributed by atoms with Crippen LogP contribution >= 0.6 is 0 Å². The van der Waals surface area contributed by atoms with Crippen molar-refractivity contribution in [3.05, 3.63) is 42.1 Å². The Balaban J connectivity index is 1.55. The number of halogens is 1. The summed E-state index contributed by atoms with van der Waals surface area (Å²) in [5.74, 6) is -0.0530. The van der Waals surface area contributed by atoms with Crippen molar-refractivity contribution in [1.82, 2.24) is 29.5 Å². The van der Waals surface area contributed by atoms with Crippen LogP contribution in [0.3, 0.4) is 0 Å². The molecule has 9 nitrogen and oxygen atoms in total. The van der Waals surface area contributed by atoms with Gasteiger partial charge in [0.2, 0.25) is 11.8 Å². The van der Waals surface area contributed by atoms with Crippen LogP contribution in [0.5, 0.6) is 5.88 Å². The fraction of sp³-hybridized carbons (Fsp3) is 0.417. The van der Waals surface area contributed by atoms with E-state index in [9.17, 15) is 4.79 Å². The van der Waals surface area contributed by atoms with E-state index in [1.165, 1.54) is 24.0 Å². The van der Waals surface area contributed by atoms with Crippen molar-refractivity contribution in [3.63, 3.8) is 0 Å². The zero-order valence-electron chi connectivity index (χ0n) is 19.7. The molecule has 10 heteroatoms. The van der Waals surface area contributed by atoms with Gasteiger partial charge >= 0.3 is 0 Å². The van der Waals surface area contributed by atoms with E-state index >= 15 is 4.39 Å². The molecular weight excluding hydrogens is 437 g/mol. The Morgan fingerprint density at radius 3 is 2.74 bits per heavy atom. The molecule has 5 rings (SSSR count). The van der Waals surface area contributed by atoms with Crippen LogP contribution in [-0.4, -0.2) is 50.3 Å². The molecule has 1 amide bonds. The number of nitrogens with zero attached hydrogens (tertiary/aromatic N) is 5. The molecule has 0 saturated heterocycles. The quantitative estimate of drug-likeness (QED) is 0.464. The molecule has 0 spiro atoms. The molecule has 1 aliphatic carbocycles. The summed E-state index contributed by atoms with van der Waals surface area (Å²) in [7, 11) is 3.06. The van der Waals surface area contributed by atoms with Crippen molar-refractivity contribution in [2.24, 2.45) is 5.41 Å². The Labute approximate surface area is 196 Å². The number of hydrogen-bond donors (Lipinski definition) is 2. The summed E-state index contributed by atoms with van der Waals surface area (Å²) in [4.78, 5) is 16.8. The van der Waals surface area contributed by atoms with E-state index in [-0.39, 0.29) is 17.8 Å². The van der Waals surface area contributed by atoms with E-state index in [2.05, 4.69) is 39.7 Å². The van der Waals surface area contributed by atoms with Crippen LogP contribution in [0, 0.1) is 11.2 Å². The summed E-state index contributed by atoms with van der Waals surface area (Å²) < 4.78 is 23.9. The van der Waals surface area contributed by atoms with E-state index in [0.717, 1.165) is 25.7 Å². The van der Waals surface area contributed by atoms with Crippen molar-refractivity contribution >= 4 is 22.9 Å². The number of hydrogen-bond acceptors (Lipinski definition) is 6. The molecule has 4 aromatic heterocycles. The van der Waals surface area contributed by atoms with Crippen molar-refractivity contribution in [2.45, 2.75) is 45.6 Å². The number of rotatable bonds is 5. The molecule has 0 aromatic carbocycles. The number of carbonyl (C=O) groups excluding carboxylic acids is 1. The predicted octanol–water partition coefficient (Wildman–Crippen LogP) is 3.93. The minimum Gasteiger partial charge on any atom is -0.479 e. The van der Waals surface area contributed by atoms with Gasteiger partial charge in [-0.15, -0.1) is 5.10 Å². The third kappa shape index (κ3) is 3.82. The third-order valence-electron chi connectivity index (χ3n) is 6.70. The van der Waals surface area contributed by atoms with E-state index < -0.39 is 5.82 Å². The first kappa shape index (κ1) is 22.1. The molecule has 0 bridgehead atoms. The first-order valence-electron chi connectivity index (χ1n) is 11.4. The van der Waals surface area contributed by atoms with E-state index in [1.807, 2.05) is 0 Å². The minimum absolute atomic E-state index is 0.266. The fourth-order valence-electron chi connectivity index (χ4n) is 4.67. The number of methoxy groups -OCH3 is 1. The van der Waals surface area contributed by atoms with Gasteiger partial charge in [-0.2, -0.15) is 10.1 Å². The molecule has 1 aliphatic rings. The monoisotopic (exact) mass is 465 g/mol. The van der Waals surface area contributed by atoms with Gasteiger partial charge in [0.1, 0.15) is 5.52 Å². The smallest absolute Gasteiger partial charge is 0.254 e. The van der Waals surface area contributed by atoms with Crippen molar-refractivity contribution in [2.75, 3.05) is 19.5 Å². The second-order valence-corrected chi connectivity index (χ2v) is 9.56. The molecule has 1 saturated carbocycles. The normalized spacial score (nSPS) is 16.1. The molecule has 178 valence electrons. The number of carbonyl (C=O) groups is 1. The molecule has 1 fully saturated rings. The van der Waals surface area contributed by atoms with Gasteiger partial charge in [-0.05, 0) is 48.8 Å². The number of fused-ring (bicyclic) bond motifs is 2. The average Bonchev–Trinajstić information content (AvgIpc) is 3.39. The van der Waals surface area contributed by atoms with Gasteiger partial charge in [-0.25, -0.2) is 13.4 Å². The highest BCUT2D eigenvalue weighted by molar-refractivity contribution is 6.01. The highest BCUT2D eigenvalue weighted by Crippen LogP contribution is 2.37. The number of aromatic nitrogens is 5. The van der Waals surface area contributed by atoms with E-state index in [4.69, 9.17) is 4.74 Å². The summed E-state index contributed by atoms with van der Waals surface area (Å²) >= 11 is 0. The number of ether oxygens (including phenoxy) is 1. The lowest BCUT2D eigenvalue weighted by atomic mass is 9.76. The second-order valence-electron chi connectivity index (χ2n) is 9.56. The zero-order valence-corrected chi connectivity index (χ0v) is 19.7. The SMILES string of the molecule is CNC(=O)c1cnn2ccc(-c3c(F)cn4nc(NC5CCC(C)(C)CC5)nc(OC)c34)cc12. The minimum atomic E-state index is -0.463. The van der Waals surface area contributed by atoms with Gasteiger partial charge in [-0.1, -0.05) is 13.8 Å². The number of pyridine rings is 1. The summed E-state index contributed by atoms with van der Waals surface area (Å²) in [6.07, 6.45) is 8.81. The first-order chi connectivity index (χ1) is 16.3. The lowest BCUT2D eigenvalue weighted by Crippen LogP contribution is -2.30. The van der Waals surface area contributed by atoms with Gasteiger partial charge in [0, 0.05) is 19.3 Å². The summed E-state index contributed by atoms with van der Waals surface area (Å²) in [6.45, 7) is 4.58. The molecule has 0 aliphatic heterocycles. The van der Waals surface area contributed by atoms with Crippen molar-refractivity contribution in [1.29, 1.82) is 0 Å². The van der Waals surface area contributed by atoms with Crippen LogP contribution in [0.25, 0.3) is 22.2 Å². The lowest BCUT2D eigenvalue weighted by molar-refractivity contribution is 0.0964. The highest BCUT2D eigenvalue weighted by Gasteiger charge is 2.28. The maximum absolute atomic E-state index is 15.3. The molecule has 0 atom stereocenters. The van der Waals surface area contributed by atoms with E-state index in [0.29, 0.717) is 39.1 Å². The molecule has 4 heterocycles. The Morgan fingerprint density at radius 1 is 1.26 bits per heavy atom. The van der Waals surface area contributed by atoms with Gasteiger partial charge in [0.15, 0.2) is 5.82 Å². The second kappa shape index (κ2) is 8.27. The average molecular weight is 466 g/mol. The Hall–Kier alpha value is -3.69. The van der Waals surface area contributed by atoms with Gasteiger partial charge < -0.3 is 15.4 Å². The number of nitrogens with one attached hydrogen (secondary N) is 2. The molecule has 34 heavy (non-hydrogen) atoms. The molecule has 4 aromatic rings. The van der Waals surface area contributed by atoms with Crippen LogP contribution in [0.1, 0.15) is 49.9 Å². The first-order valence-corrected chi connectivity index (χ1v) is 11.4. The topological polar surface area (TPSA) is 97.9 Å². The highest BCUT2D eigenvalue weighted by atomic mass is 19.1. The van der Waals surface area contributed by atoms with Crippen LogP contribution in [0.15, 0.2) is 30.7 Å². The maximum Gasteiger partial charge on any atom is 0.254 e. The van der Waals surface area contributed by atoms with Crippen LogP contribution < -0.4 is 15.4 Å². The largest absolute Gasteiger partial charge is 0.479 e. The van der Waals surface area contributed by atoms with Crippen molar-refractivity contribution < 1.29 is 13.9 Å². The molecule has 0 unspecified atom stereocenters. The summed E-state index contributed by atoms with van der Waals surface area (Å²) in [6, 6.07) is 3.73. The lowest BCUT2D eigenvalue weighted by Gasteiger charge is -2.34. The molecular formula is C24H28FN7O2. The van der Waals surface area contributed by atoms with E-state index in [1.54, 1.807) is 29.9 Å². The molecule has 2 N–H and O–H groups in total. The maximum atomic E-state index is 15.3. The summed E-state index contributed by atoms with van der Waals surface area (Å²) in [5, 5.41) is 14.7. The Kier molecular flexibility index (Phi) is 5.38. The number of anilines is 1. The van der Waals surface area contributed by atoms with Gasteiger partial charge in [-0.3, -0.25) is 4.79 Å².